The summed E-state index contributed by atoms with van der Waals surface area (Å²) in [5.74, 6) is 0. The Morgan fingerprint density at radius 1 is 1.78 bits per heavy atom. The SMILES string of the molecule is [O-][n+]1onc2sccc21. The molecule has 0 aliphatic carbocycles. The average molecular weight is 142 g/mol. The van der Waals surface area contributed by atoms with Crippen LogP contribution in [-0.4, -0.2) is 5.16 Å². The lowest BCUT2D eigenvalue weighted by Gasteiger charge is -1.78. The molecule has 0 fully saturated rings. The molecule has 2 aromatic rings. The van der Waals surface area contributed by atoms with E-state index < -0.39 is 0 Å². The minimum atomic E-state index is 0.395. The standard InChI is InChI=1S/C4H2N2O2S/c7-6-3-1-2-9-4(3)5-8-6/h1-2H. The van der Waals surface area contributed by atoms with Crippen LogP contribution in [0.1, 0.15) is 0 Å². The largest absolute Gasteiger partial charge is 0.359 e. The molecule has 0 unspecified atom stereocenters. The van der Waals surface area contributed by atoms with Crippen molar-refractivity contribution in [3.8, 4) is 0 Å². The Balaban J connectivity index is 2.99. The van der Waals surface area contributed by atoms with Gasteiger partial charge in [-0.3, -0.25) is 4.63 Å². The van der Waals surface area contributed by atoms with Gasteiger partial charge in [-0.25, -0.2) is 0 Å². The van der Waals surface area contributed by atoms with E-state index in [9.17, 15) is 5.21 Å². The Morgan fingerprint density at radius 2 is 2.67 bits per heavy atom. The molecule has 46 valence electrons. The van der Waals surface area contributed by atoms with Crippen LogP contribution in [0.5, 0.6) is 0 Å². The number of hydrogen-bond donors (Lipinski definition) is 0. The van der Waals surface area contributed by atoms with Crippen LogP contribution in [0.15, 0.2) is 16.1 Å². The van der Waals surface area contributed by atoms with Gasteiger partial charge in [0, 0.05) is 6.07 Å². The third-order valence-corrected chi connectivity index (χ3v) is 1.80. The Kier molecular flexibility index (Phi) is 0.762. The first kappa shape index (κ1) is 4.75. The molecule has 0 saturated heterocycles. The quantitative estimate of drug-likeness (QED) is 0.504. The van der Waals surface area contributed by atoms with Crippen molar-refractivity contribution >= 4 is 21.7 Å². The van der Waals surface area contributed by atoms with Gasteiger partial charge in [0.15, 0.2) is 0 Å². The lowest BCUT2D eigenvalue weighted by molar-refractivity contribution is -0.782. The molecule has 2 aromatic heterocycles. The molecule has 5 heteroatoms. The minimum absolute atomic E-state index is 0.395. The van der Waals surface area contributed by atoms with Crippen molar-refractivity contribution in [2.24, 2.45) is 0 Å². The monoisotopic (exact) mass is 142 g/mol. The summed E-state index contributed by atoms with van der Waals surface area (Å²) in [6.45, 7) is 0. The zero-order valence-electron chi connectivity index (χ0n) is 4.27. The van der Waals surface area contributed by atoms with Gasteiger partial charge in [0.05, 0.1) is 5.16 Å². The molecule has 0 aromatic carbocycles. The second kappa shape index (κ2) is 1.44. The summed E-state index contributed by atoms with van der Waals surface area (Å²) in [5, 5.41) is 15.8. The molecule has 0 radical (unpaired) electrons. The van der Waals surface area contributed by atoms with Crippen LogP contribution in [0.4, 0.5) is 0 Å². The van der Waals surface area contributed by atoms with E-state index >= 15 is 0 Å². The fourth-order valence-electron chi connectivity index (χ4n) is 0.620. The Morgan fingerprint density at radius 3 is 3.44 bits per heavy atom. The van der Waals surface area contributed by atoms with Crippen molar-refractivity contribution < 1.29 is 9.53 Å². The predicted molar refractivity (Wildman–Crippen MR) is 30.8 cm³/mol. The van der Waals surface area contributed by atoms with Crippen molar-refractivity contribution in [3.05, 3.63) is 16.7 Å². The summed E-state index contributed by atoms with van der Waals surface area (Å²) >= 11 is 1.38. The van der Waals surface area contributed by atoms with Crippen LogP contribution in [0.2, 0.25) is 0 Å². The maximum atomic E-state index is 10.5. The molecule has 9 heavy (non-hydrogen) atoms. The number of aromatic nitrogens is 2. The Bertz CT molecular complexity index is 326. The maximum absolute atomic E-state index is 10.5. The predicted octanol–water partition coefficient (Wildman–Crippen LogP) is 0.523. The third-order valence-electron chi connectivity index (χ3n) is 1.02. The summed E-state index contributed by atoms with van der Waals surface area (Å²) in [5.41, 5.74) is 0.500. The summed E-state index contributed by atoms with van der Waals surface area (Å²) in [7, 11) is 0. The van der Waals surface area contributed by atoms with Crippen molar-refractivity contribution in [3.63, 3.8) is 0 Å². The van der Waals surface area contributed by atoms with Gasteiger partial charge >= 0.3 is 4.83 Å². The first-order valence-electron chi connectivity index (χ1n) is 2.31. The van der Waals surface area contributed by atoms with E-state index in [1.807, 2.05) is 0 Å². The van der Waals surface area contributed by atoms with Crippen LogP contribution in [0.25, 0.3) is 10.3 Å². The molecule has 0 aliphatic rings. The number of hydrogen-bond acceptors (Lipinski definition) is 4. The second-order valence-electron chi connectivity index (χ2n) is 1.54. The summed E-state index contributed by atoms with van der Waals surface area (Å²) in [6.07, 6.45) is 0. The first-order chi connectivity index (χ1) is 4.38. The van der Waals surface area contributed by atoms with Crippen LogP contribution in [0, 0.1) is 5.21 Å². The van der Waals surface area contributed by atoms with E-state index in [0.717, 1.165) is 0 Å². The smallest absolute Gasteiger partial charge is 0.302 e. The maximum Gasteiger partial charge on any atom is 0.302 e. The van der Waals surface area contributed by atoms with Crippen molar-refractivity contribution in [2.75, 3.05) is 0 Å². The molecular weight excluding hydrogens is 140 g/mol. The number of thiophene rings is 1. The Labute approximate surface area is 53.8 Å². The van der Waals surface area contributed by atoms with Gasteiger partial charge in [0.25, 0.3) is 0 Å². The van der Waals surface area contributed by atoms with E-state index in [0.29, 0.717) is 15.3 Å². The number of rotatable bonds is 0. The normalized spacial score (nSPS) is 10.7. The van der Waals surface area contributed by atoms with Crippen LogP contribution in [-0.2, 0) is 0 Å². The van der Waals surface area contributed by atoms with Gasteiger partial charge in [-0.2, -0.15) is 0 Å². The fraction of sp³-hybridized carbons (Fsp3) is 0. The number of nitrogens with zero attached hydrogens (tertiary/aromatic N) is 2. The zero-order chi connectivity index (χ0) is 6.27. The highest BCUT2D eigenvalue weighted by Crippen LogP contribution is 2.12. The summed E-state index contributed by atoms with van der Waals surface area (Å²) < 4.78 is 4.28. The second-order valence-corrected chi connectivity index (χ2v) is 2.44. The lowest BCUT2D eigenvalue weighted by Crippen LogP contribution is -2.21. The average Bonchev–Trinajstić information content (AvgIpc) is 2.35. The van der Waals surface area contributed by atoms with Gasteiger partial charge in [0.1, 0.15) is 0 Å². The van der Waals surface area contributed by atoms with Gasteiger partial charge in [-0.1, -0.05) is 11.3 Å². The van der Waals surface area contributed by atoms with Crippen molar-refractivity contribution in [1.82, 2.24) is 5.16 Å². The lowest BCUT2D eigenvalue weighted by atomic mass is 10.6. The highest BCUT2D eigenvalue weighted by Gasteiger charge is 2.07. The number of fused-ring (bicyclic) bond motifs is 1. The summed E-state index contributed by atoms with van der Waals surface area (Å²) in [6, 6.07) is 1.67. The van der Waals surface area contributed by atoms with Crippen LogP contribution >= 0.6 is 11.3 Å². The molecular formula is C4H2N2O2S. The fourth-order valence-corrected chi connectivity index (χ4v) is 1.29. The third kappa shape index (κ3) is 0.517. The van der Waals surface area contributed by atoms with Crippen LogP contribution in [0.3, 0.4) is 0 Å². The molecule has 2 heterocycles. The van der Waals surface area contributed by atoms with Crippen molar-refractivity contribution in [1.29, 1.82) is 0 Å². The zero-order valence-corrected chi connectivity index (χ0v) is 5.09. The van der Waals surface area contributed by atoms with E-state index in [2.05, 4.69) is 9.79 Å². The van der Waals surface area contributed by atoms with Gasteiger partial charge < -0.3 is 5.21 Å². The summed E-state index contributed by atoms with van der Waals surface area (Å²) in [4.78, 5) is 1.04. The topological polar surface area (TPSA) is 53.0 Å². The van der Waals surface area contributed by atoms with Gasteiger partial charge in [-0.05, 0) is 10.3 Å². The molecule has 0 atom stereocenters. The highest BCUT2D eigenvalue weighted by atomic mass is 32.1. The molecule has 0 aliphatic heterocycles. The van der Waals surface area contributed by atoms with Crippen molar-refractivity contribution in [2.45, 2.75) is 0 Å². The highest BCUT2D eigenvalue weighted by molar-refractivity contribution is 7.16. The van der Waals surface area contributed by atoms with E-state index in [-0.39, 0.29) is 0 Å². The van der Waals surface area contributed by atoms with E-state index in [1.165, 1.54) is 11.3 Å². The molecule has 2 rings (SSSR count). The molecule has 0 saturated carbocycles. The molecule has 0 spiro atoms. The van der Waals surface area contributed by atoms with Crippen LogP contribution < -0.4 is 4.90 Å². The molecule has 0 bridgehead atoms. The molecule has 0 N–H and O–H groups in total. The van der Waals surface area contributed by atoms with E-state index in [4.69, 9.17) is 0 Å². The first-order valence-corrected chi connectivity index (χ1v) is 3.19. The Hall–Kier alpha value is -1.10. The van der Waals surface area contributed by atoms with Gasteiger partial charge in [0.2, 0.25) is 5.52 Å². The molecule has 4 nitrogen and oxygen atoms in total. The van der Waals surface area contributed by atoms with E-state index in [1.54, 1.807) is 11.4 Å². The minimum Gasteiger partial charge on any atom is -0.359 e. The van der Waals surface area contributed by atoms with Gasteiger partial charge in [-0.15, -0.1) is 0 Å². The molecule has 0 amide bonds.